The third-order valence-electron chi connectivity index (χ3n) is 4.85. The Balaban J connectivity index is 1.79. The minimum absolute atomic E-state index is 0.0677. The highest BCUT2D eigenvalue weighted by atomic mass is 16.2. The van der Waals surface area contributed by atoms with E-state index in [4.69, 9.17) is 10.7 Å². The molecule has 2 aromatic rings. The number of likely N-dealkylation sites (tertiary alicyclic amines) is 1. The summed E-state index contributed by atoms with van der Waals surface area (Å²) in [5.74, 6) is 0.907. The molecule has 2 saturated heterocycles. The van der Waals surface area contributed by atoms with Gasteiger partial charge < -0.3 is 15.5 Å². The van der Waals surface area contributed by atoms with E-state index in [1.54, 1.807) is 0 Å². The lowest BCUT2D eigenvalue weighted by atomic mass is 10.1. The maximum Gasteiger partial charge on any atom is 0.257 e. The summed E-state index contributed by atoms with van der Waals surface area (Å²) in [6.07, 6.45) is 3.21. The molecule has 0 saturated carbocycles. The van der Waals surface area contributed by atoms with Crippen molar-refractivity contribution in [2.45, 2.75) is 25.3 Å². The molecule has 0 aliphatic carbocycles. The molecule has 0 radical (unpaired) electrons. The average molecular weight is 310 g/mol. The molecule has 2 aliphatic heterocycles. The molecular formula is C18H22N4O. The van der Waals surface area contributed by atoms with Gasteiger partial charge >= 0.3 is 0 Å². The molecule has 0 bridgehead atoms. The number of pyridine rings is 1. The molecule has 5 nitrogen and oxygen atoms in total. The van der Waals surface area contributed by atoms with Crippen molar-refractivity contribution in [1.82, 2.24) is 9.88 Å². The molecule has 1 atom stereocenters. The monoisotopic (exact) mass is 310 g/mol. The van der Waals surface area contributed by atoms with Crippen LogP contribution >= 0.6 is 0 Å². The first-order valence-electron chi connectivity index (χ1n) is 8.42. The van der Waals surface area contributed by atoms with Crippen LogP contribution in [-0.4, -0.2) is 48.0 Å². The third-order valence-corrected chi connectivity index (χ3v) is 4.85. The van der Waals surface area contributed by atoms with Gasteiger partial charge in [0.25, 0.3) is 5.91 Å². The molecule has 120 valence electrons. The lowest BCUT2D eigenvalue weighted by molar-refractivity contribution is 0.0791. The molecule has 3 heterocycles. The van der Waals surface area contributed by atoms with E-state index in [0.29, 0.717) is 6.54 Å². The van der Waals surface area contributed by atoms with Gasteiger partial charge in [0, 0.05) is 37.6 Å². The van der Waals surface area contributed by atoms with E-state index in [1.165, 1.54) is 0 Å². The SMILES string of the molecule is NC1CCN(C(=O)c2cc3ccccc3nc2N2CCCC2)C1. The molecule has 5 heteroatoms. The van der Waals surface area contributed by atoms with Crippen LogP contribution in [0.5, 0.6) is 0 Å². The number of rotatable bonds is 2. The summed E-state index contributed by atoms with van der Waals surface area (Å²) < 4.78 is 0. The van der Waals surface area contributed by atoms with Gasteiger partial charge in [-0.05, 0) is 31.4 Å². The second-order valence-electron chi connectivity index (χ2n) is 6.55. The van der Waals surface area contributed by atoms with E-state index < -0.39 is 0 Å². The number of hydrogen-bond acceptors (Lipinski definition) is 4. The van der Waals surface area contributed by atoms with Gasteiger partial charge in [0.05, 0.1) is 11.1 Å². The first kappa shape index (κ1) is 14.5. The van der Waals surface area contributed by atoms with Crippen LogP contribution in [0.1, 0.15) is 29.6 Å². The molecule has 1 unspecified atom stereocenters. The van der Waals surface area contributed by atoms with Gasteiger partial charge in [0.1, 0.15) is 5.82 Å². The van der Waals surface area contributed by atoms with Crippen LogP contribution in [0.15, 0.2) is 30.3 Å². The van der Waals surface area contributed by atoms with Crippen molar-refractivity contribution in [3.63, 3.8) is 0 Å². The normalized spacial score (nSPS) is 21.3. The van der Waals surface area contributed by atoms with Crippen molar-refractivity contribution in [3.8, 4) is 0 Å². The Morgan fingerprint density at radius 1 is 1.17 bits per heavy atom. The Morgan fingerprint density at radius 3 is 2.70 bits per heavy atom. The first-order chi connectivity index (χ1) is 11.2. The van der Waals surface area contributed by atoms with Crippen molar-refractivity contribution in [2.24, 2.45) is 5.73 Å². The minimum Gasteiger partial charge on any atom is -0.356 e. The highest BCUT2D eigenvalue weighted by Crippen LogP contribution is 2.28. The molecule has 2 fully saturated rings. The van der Waals surface area contributed by atoms with Crippen LogP contribution < -0.4 is 10.6 Å². The van der Waals surface area contributed by atoms with Gasteiger partial charge in [-0.2, -0.15) is 0 Å². The zero-order chi connectivity index (χ0) is 15.8. The second-order valence-corrected chi connectivity index (χ2v) is 6.55. The van der Waals surface area contributed by atoms with Crippen LogP contribution in [0.2, 0.25) is 0 Å². The van der Waals surface area contributed by atoms with Crippen LogP contribution in [0.25, 0.3) is 10.9 Å². The maximum absolute atomic E-state index is 13.0. The van der Waals surface area contributed by atoms with Crippen molar-refractivity contribution in [1.29, 1.82) is 0 Å². The number of fused-ring (bicyclic) bond motifs is 1. The molecule has 23 heavy (non-hydrogen) atoms. The Morgan fingerprint density at radius 2 is 1.96 bits per heavy atom. The summed E-state index contributed by atoms with van der Waals surface area (Å²) in [5.41, 5.74) is 7.64. The zero-order valence-electron chi connectivity index (χ0n) is 13.2. The van der Waals surface area contributed by atoms with Gasteiger partial charge in [-0.25, -0.2) is 4.98 Å². The predicted octanol–water partition coefficient (Wildman–Crippen LogP) is 2.01. The van der Waals surface area contributed by atoms with E-state index in [9.17, 15) is 4.79 Å². The number of nitrogens with two attached hydrogens (primary N) is 1. The summed E-state index contributed by atoms with van der Waals surface area (Å²) in [6, 6.07) is 10.1. The Hall–Kier alpha value is -2.14. The summed E-state index contributed by atoms with van der Waals surface area (Å²) in [7, 11) is 0. The smallest absolute Gasteiger partial charge is 0.257 e. The van der Waals surface area contributed by atoms with Crippen molar-refractivity contribution in [2.75, 3.05) is 31.1 Å². The minimum atomic E-state index is 0.0677. The van der Waals surface area contributed by atoms with Crippen molar-refractivity contribution in [3.05, 3.63) is 35.9 Å². The lowest BCUT2D eigenvalue weighted by Crippen LogP contribution is -2.33. The molecule has 2 aliphatic rings. The fourth-order valence-corrected chi connectivity index (χ4v) is 3.58. The molecule has 2 N–H and O–H groups in total. The van der Waals surface area contributed by atoms with Gasteiger partial charge in [-0.3, -0.25) is 4.79 Å². The highest BCUT2D eigenvalue weighted by molar-refractivity contribution is 6.02. The maximum atomic E-state index is 13.0. The van der Waals surface area contributed by atoms with Gasteiger partial charge in [-0.15, -0.1) is 0 Å². The number of nitrogens with zero attached hydrogens (tertiary/aromatic N) is 3. The third kappa shape index (κ3) is 2.65. The molecule has 1 aromatic heterocycles. The number of amides is 1. The number of aromatic nitrogens is 1. The molecular weight excluding hydrogens is 288 g/mol. The van der Waals surface area contributed by atoms with Crippen LogP contribution in [0.4, 0.5) is 5.82 Å². The standard InChI is InChI=1S/C18H22N4O/c19-14-7-10-22(12-14)18(23)15-11-13-5-1-2-6-16(13)20-17(15)21-8-3-4-9-21/h1-2,5-6,11,14H,3-4,7-10,12,19H2. The largest absolute Gasteiger partial charge is 0.356 e. The summed E-state index contributed by atoms with van der Waals surface area (Å²) >= 11 is 0. The average Bonchev–Trinajstić information content (AvgIpc) is 3.24. The predicted molar refractivity (Wildman–Crippen MR) is 91.7 cm³/mol. The van der Waals surface area contributed by atoms with Gasteiger partial charge in [-0.1, -0.05) is 18.2 Å². The van der Waals surface area contributed by atoms with E-state index in [2.05, 4.69) is 4.90 Å². The molecule has 0 spiro atoms. The van der Waals surface area contributed by atoms with Gasteiger partial charge in [0.15, 0.2) is 0 Å². The Kier molecular flexibility index (Phi) is 3.65. The molecule has 4 rings (SSSR count). The Labute approximate surface area is 136 Å². The molecule has 1 aromatic carbocycles. The van der Waals surface area contributed by atoms with Gasteiger partial charge in [0.2, 0.25) is 0 Å². The highest BCUT2D eigenvalue weighted by Gasteiger charge is 2.29. The fraction of sp³-hybridized carbons (Fsp3) is 0.444. The first-order valence-corrected chi connectivity index (χ1v) is 8.42. The molecule has 1 amide bonds. The van der Waals surface area contributed by atoms with E-state index in [-0.39, 0.29) is 11.9 Å². The van der Waals surface area contributed by atoms with Crippen molar-refractivity contribution >= 4 is 22.6 Å². The topological polar surface area (TPSA) is 62.5 Å². The zero-order valence-corrected chi connectivity index (χ0v) is 13.2. The number of hydrogen-bond donors (Lipinski definition) is 1. The second kappa shape index (κ2) is 5.81. The lowest BCUT2D eigenvalue weighted by Gasteiger charge is -2.23. The van der Waals surface area contributed by atoms with E-state index >= 15 is 0 Å². The van der Waals surface area contributed by atoms with Crippen LogP contribution in [0, 0.1) is 0 Å². The summed E-state index contributed by atoms with van der Waals surface area (Å²) in [5, 5.41) is 1.02. The van der Waals surface area contributed by atoms with Crippen molar-refractivity contribution < 1.29 is 4.79 Å². The van der Waals surface area contributed by atoms with Crippen LogP contribution in [0.3, 0.4) is 0 Å². The quantitative estimate of drug-likeness (QED) is 0.921. The number of carbonyl (C=O) groups is 1. The fourth-order valence-electron chi connectivity index (χ4n) is 3.58. The van der Waals surface area contributed by atoms with Crippen LogP contribution in [-0.2, 0) is 0 Å². The number of carbonyl (C=O) groups excluding carboxylic acids is 1. The summed E-state index contributed by atoms with van der Waals surface area (Å²) in [4.78, 5) is 22.0. The van der Waals surface area contributed by atoms with E-state index in [1.807, 2.05) is 35.2 Å². The summed E-state index contributed by atoms with van der Waals surface area (Å²) in [6.45, 7) is 3.34. The number of benzene rings is 1. The number of para-hydroxylation sites is 1. The van der Waals surface area contributed by atoms with E-state index in [0.717, 1.165) is 61.2 Å². The Bertz CT molecular complexity index is 739. The number of anilines is 1.